The molecule has 1 aliphatic heterocycles. The summed E-state index contributed by atoms with van der Waals surface area (Å²) in [5, 5.41) is 0.233. The van der Waals surface area contributed by atoms with Crippen LogP contribution in [0.3, 0.4) is 0 Å². The van der Waals surface area contributed by atoms with Crippen LogP contribution in [0.15, 0.2) is 12.4 Å². The summed E-state index contributed by atoms with van der Waals surface area (Å²) in [4.78, 5) is 19.7. The fourth-order valence-electron chi connectivity index (χ4n) is 2.60. The van der Waals surface area contributed by atoms with Gasteiger partial charge in [-0.2, -0.15) is 15.0 Å². The maximum atomic E-state index is 6.09. The van der Waals surface area contributed by atoms with Crippen LogP contribution < -0.4 is 4.90 Å². The summed E-state index contributed by atoms with van der Waals surface area (Å²) in [5.74, 6) is 2.17. The highest BCUT2D eigenvalue weighted by Gasteiger charge is 2.17. The third-order valence-corrected chi connectivity index (χ3v) is 3.80. The van der Waals surface area contributed by atoms with Crippen LogP contribution in [0, 0.1) is 0 Å². The fourth-order valence-corrected chi connectivity index (χ4v) is 2.75. The van der Waals surface area contributed by atoms with E-state index in [-0.39, 0.29) is 5.28 Å². The normalized spacial score (nSPS) is 15.4. The predicted octanol–water partition coefficient (Wildman–Crippen LogP) is 2.65. The van der Waals surface area contributed by atoms with Gasteiger partial charge in [-0.15, -0.1) is 0 Å². The number of hydrogen-bond donors (Lipinski definition) is 0. The summed E-state index contributed by atoms with van der Waals surface area (Å²) in [7, 11) is 0. The Morgan fingerprint density at radius 2 is 1.86 bits per heavy atom. The van der Waals surface area contributed by atoms with E-state index in [1.165, 1.54) is 19.3 Å². The van der Waals surface area contributed by atoms with Crippen molar-refractivity contribution in [1.82, 2.24) is 24.5 Å². The first-order valence-corrected chi connectivity index (χ1v) is 7.85. The lowest BCUT2D eigenvalue weighted by atomic mass is 10.1. The van der Waals surface area contributed by atoms with Gasteiger partial charge in [0.05, 0.1) is 0 Å². The smallest absolute Gasteiger partial charge is 0.241 e. The quantitative estimate of drug-likeness (QED) is 0.869. The molecule has 0 bridgehead atoms. The van der Waals surface area contributed by atoms with E-state index in [2.05, 4.69) is 31.8 Å². The van der Waals surface area contributed by atoms with Crippen LogP contribution in [0.5, 0.6) is 0 Å². The Morgan fingerprint density at radius 3 is 2.62 bits per heavy atom. The van der Waals surface area contributed by atoms with Gasteiger partial charge >= 0.3 is 0 Å². The molecule has 7 heteroatoms. The number of halogens is 1. The van der Waals surface area contributed by atoms with Crippen LogP contribution >= 0.6 is 11.6 Å². The summed E-state index contributed by atoms with van der Waals surface area (Å²) in [6.45, 7) is 4.08. The zero-order valence-corrected chi connectivity index (χ0v) is 12.9. The number of imidazole rings is 1. The van der Waals surface area contributed by atoms with Gasteiger partial charge in [0.1, 0.15) is 5.82 Å². The molecule has 0 saturated carbocycles. The first kappa shape index (κ1) is 14.3. The Bertz CT molecular complexity index is 605. The highest BCUT2D eigenvalue weighted by molar-refractivity contribution is 6.28. The Balaban J connectivity index is 1.95. The summed E-state index contributed by atoms with van der Waals surface area (Å²) < 4.78 is 1.89. The lowest BCUT2D eigenvalue weighted by molar-refractivity contribution is 0.566. The Labute approximate surface area is 129 Å². The number of rotatable bonds is 4. The average molecular weight is 307 g/mol. The molecule has 0 N–H and O–H groups in total. The van der Waals surface area contributed by atoms with Gasteiger partial charge in [-0.3, -0.25) is 4.57 Å². The molecule has 0 atom stereocenters. The lowest BCUT2D eigenvalue weighted by Gasteiger charge is -2.26. The molecule has 1 fully saturated rings. The van der Waals surface area contributed by atoms with Gasteiger partial charge in [-0.05, 0) is 37.3 Å². The second-order valence-corrected chi connectivity index (χ2v) is 5.55. The third-order valence-electron chi connectivity index (χ3n) is 3.63. The van der Waals surface area contributed by atoms with Crippen LogP contribution in [-0.4, -0.2) is 37.6 Å². The molecule has 0 aliphatic carbocycles. The van der Waals surface area contributed by atoms with Crippen LogP contribution in [0.2, 0.25) is 5.28 Å². The molecule has 0 aromatic carbocycles. The van der Waals surface area contributed by atoms with Crippen LogP contribution in [0.4, 0.5) is 5.95 Å². The largest absolute Gasteiger partial charge is 0.341 e. The Hall–Kier alpha value is -1.69. The highest BCUT2D eigenvalue weighted by atomic mass is 35.5. The highest BCUT2D eigenvalue weighted by Crippen LogP contribution is 2.19. The Kier molecular flexibility index (Phi) is 4.34. The zero-order chi connectivity index (χ0) is 14.7. The van der Waals surface area contributed by atoms with Crippen LogP contribution in [-0.2, 0) is 6.42 Å². The predicted molar refractivity (Wildman–Crippen MR) is 82.0 cm³/mol. The maximum absolute atomic E-state index is 6.09. The minimum Gasteiger partial charge on any atom is -0.341 e. The van der Waals surface area contributed by atoms with Gasteiger partial charge in [0.2, 0.25) is 17.2 Å². The lowest BCUT2D eigenvalue weighted by Crippen LogP contribution is -2.31. The molecule has 112 valence electrons. The van der Waals surface area contributed by atoms with E-state index in [0.717, 1.165) is 31.8 Å². The van der Waals surface area contributed by atoms with Crippen molar-refractivity contribution >= 4 is 17.5 Å². The van der Waals surface area contributed by atoms with Gasteiger partial charge in [-0.1, -0.05) is 6.92 Å². The van der Waals surface area contributed by atoms with Crippen molar-refractivity contribution in [3.8, 4) is 5.95 Å². The van der Waals surface area contributed by atoms with Crippen molar-refractivity contribution in [3.05, 3.63) is 23.5 Å². The van der Waals surface area contributed by atoms with E-state index in [0.29, 0.717) is 11.9 Å². The number of aryl methyl sites for hydroxylation is 1. The third kappa shape index (κ3) is 3.15. The number of nitrogens with zero attached hydrogens (tertiary/aromatic N) is 6. The molecule has 1 saturated heterocycles. The van der Waals surface area contributed by atoms with Crippen molar-refractivity contribution in [2.75, 3.05) is 18.0 Å². The fraction of sp³-hybridized carbons (Fsp3) is 0.571. The monoisotopic (exact) mass is 306 g/mol. The van der Waals surface area contributed by atoms with Crippen molar-refractivity contribution in [3.63, 3.8) is 0 Å². The molecule has 3 rings (SSSR count). The van der Waals surface area contributed by atoms with Crippen molar-refractivity contribution in [1.29, 1.82) is 0 Å². The summed E-state index contributed by atoms with van der Waals surface area (Å²) in [6.07, 6.45) is 9.16. The average Bonchev–Trinajstić information content (AvgIpc) is 2.96. The van der Waals surface area contributed by atoms with E-state index in [9.17, 15) is 0 Å². The zero-order valence-electron chi connectivity index (χ0n) is 12.2. The molecular weight excluding hydrogens is 288 g/mol. The van der Waals surface area contributed by atoms with E-state index in [4.69, 9.17) is 11.6 Å². The van der Waals surface area contributed by atoms with E-state index in [1.54, 1.807) is 6.20 Å². The number of piperidine rings is 1. The molecule has 6 nitrogen and oxygen atoms in total. The van der Waals surface area contributed by atoms with E-state index in [1.807, 2.05) is 10.8 Å². The van der Waals surface area contributed by atoms with E-state index < -0.39 is 0 Å². The molecule has 0 spiro atoms. The molecule has 0 amide bonds. The van der Waals surface area contributed by atoms with Crippen LogP contribution in [0.25, 0.3) is 5.95 Å². The molecule has 0 radical (unpaired) electrons. The minimum atomic E-state index is 0.233. The number of anilines is 1. The van der Waals surface area contributed by atoms with Crippen LogP contribution in [0.1, 0.15) is 38.4 Å². The molecule has 1 aliphatic rings. The van der Waals surface area contributed by atoms with Crippen molar-refractivity contribution in [2.45, 2.75) is 39.0 Å². The number of hydrogen-bond acceptors (Lipinski definition) is 5. The van der Waals surface area contributed by atoms with Gasteiger partial charge < -0.3 is 4.90 Å². The molecule has 3 heterocycles. The van der Waals surface area contributed by atoms with E-state index >= 15 is 0 Å². The minimum absolute atomic E-state index is 0.233. The topological polar surface area (TPSA) is 59.7 Å². The maximum Gasteiger partial charge on any atom is 0.241 e. The standard InChI is InChI=1S/C14H19ClN6/c1-2-6-11-16-7-10-21(11)14-18-12(15)17-13(19-14)20-8-4-3-5-9-20/h7,10H,2-6,8-9H2,1H3. The molecule has 2 aromatic rings. The molecule has 0 unspecified atom stereocenters. The Morgan fingerprint density at radius 1 is 1.10 bits per heavy atom. The summed E-state index contributed by atoms with van der Waals surface area (Å²) >= 11 is 6.09. The number of aromatic nitrogens is 5. The first-order chi connectivity index (χ1) is 10.3. The first-order valence-electron chi connectivity index (χ1n) is 7.47. The molecule has 21 heavy (non-hydrogen) atoms. The molecular formula is C14H19ClN6. The van der Waals surface area contributed by atoms with Gasteiger partial charge in [0, 0.05) is 31.9 Å². The second-order valence-electron chi connectivity index (χ2n) is 5.22. The van der Waals surface area contributed by atoms with Crippen molar-refractivity contribution < 1.29 is 0 Å². The summed E-state index contributed by atoms with van der Waals surface area (Å²) in [5.41, 5.74) is 0. The van der Waals surface area contributed by atoms with Gasteiger partial charge in [-0.25, -0.2) is 4.98 Å². The van der Waals surface area contributed by atoms with Crippen molar-refractivity contribution in [2.24, 2.45) is 0 Å². The second kappa shape index (κ2) is 6.39. The molecule has 2 aromatic heterocycles. The SMILES string of the molecule is CCCc1nccn1-c1nc(Cl)nc(N2CCCCC2)n1. The summed E-state index contributed by atoms with van der Waals surface area (Å²) in [6, 6.07) is 0. The van der Waals surface area contributed by atoms with Gasteiger partial charge in [0.15, 0.2) is 0 Å². The van der Waals surface area contributed by atoms with Gasteiger partial charge in [0.25, 0.3) is 0 Å².